The number of aromatic nitrogens is 1. The number of nitrogens with one attached hydrogen (secondary N) is 1. The van der Waals surface area contributed by atoms with E-state index in [-0.39, 0.29) is 5.41 Å². The van der Waals surface area contributed by atoms with E-state index in [0.717, 1.165) is 16.9 Å². The summed E-state index contributed by atoms with van der Waals surface area (Å²) in [6.45, 7) is 8.21. The molecule has 1 spiro atoms. The zero-order valence-corrected chi connectivity index (χ0v) is 17.7. The molecule has 0 aliphatic carbocycles. The number of aryl methyl sites for hydroxylation is 1. The number of ether oxygens (including phenoxy) is 1. The summed E-state index contributed by atoms with van der Waals surface area (Å²) in [5.74, 6) is 0. The Morgan fingerprint density at radius 1 is 1.46 bits per heavy atom. The Labute approximate surface area is 174 Å². The minimum atomic E-state index is -0.935. The highest BCUT2D eigenvalue weighted by Gasteiger charge is 2.49. The van der Waals surface area contributed by atoms with Crippen molar-refractivity contribution in [2.24, 2.45) is 5.41 Å². The summed E-state index contributed by atoms with van der Waals surface area (Å²) in [4.78, 5) is 9.20. The van der Waals surface area contributed by atoms with Gasteiger partial charge in [0.25, 0.3) is 0 Å². The molecule has 0 bridgehead atoms. The zero-order chi connectivity index (χ0) is 20.3. The highest BCUT2D eigenvalue weighted by molar-refractivity contribution is 7.15. The van der Waals surface area contributed by atoms with E-state index < -0.39 is 12.8 Å². The van der Waals surface area contributed by atoms with E-state index in [1.165, 1.54) is 18.4 Å². The fraction of sp³-hybridized carbons (Fsp3) is 0.526. The van der Waals surface area contributed by atoms with Crippen LogP contribution in [0.4, 0.5) is 5.13 Å². The van der Waals surface area contributed by atoms with Crippen LogP contribution in [0, 0.1) is 12.3 Å². The molecule has 2 saturated heterocycles. The molecule has 0 saturated carbocycles. The van der Waals surface area contributed by atoms with Gasteiger partial charge >= 0.3 is 0 Å². The number of likely N-dealkylation sites (tertiary alicyclic amines) is 2. The second-order valence-electron chi connectivity index (χ2n) is 7.22. The van der Waals surface area contributed by atoms with Gasteiger partial charge in [-0.25, -0.2) is 4.98 Å². The van der Waals surface area contributed by atoms with Crippen molar-refractivity contribution in [2.45, 2.75) is 26.1 Å². The molecule has 2 aliphatic rings. The summed E-state index contributed by atoms with van der Waals surface area (Å²) in [6, 6.07) is 0. The Morgan fingerprint density at radius 2 is 2.21 bits per heavy atom. The molecule has 3 unspecified atom stereocenters. The van der Waals surface area contributed by atoms with Crippen LogP contribution < -0.4 is 5.32 Å². The van der Waals surface area contributed by atoms with Gasteiger partial charge in [-0.2, -0.15) is 0 Å². The number of anilines is 1. The molecular formula is C19H27ClN4O3S. The van der Waals surface area contributed by atoms with Gasteiger partial charge in [-0.1, -0.05) is 24.3 Å². The minimum absolute atomic E-state index is 0.212. The van der Waals surface area contributed by atoms with Crippen molar-refractivity contribution in [2.75, 3.05) is 38.6 Å². The third-order valence-corrected chi connectivity index (χ3v) is 6.35. The zero-order valence-electron chi connectivity index (χ0n) is 16.1. The van der Waals surface area contributed by atoms with Gasteiger partial charge in [0.15, 0.2) is 11.5 Å². The lowest BCUT2D eigenvalue weighted by molar-refractivity contribution is -0.171. The van der Waals surface area contributed by atoms with Crippen molar-refractivity contribution < 1.29 is 14.9 Å². The number of methoxy groups -OCH3 is 1. The first kappa shape index (κ1) is 21.4. The maximum absolute atomic E-state index is 10.7. The number of aliphatic hydroxyl groups excluding tert-OH is 2. The SMILES string of the molecule is C=C/C=C(Cl)\C=C1/CN(C(O)Nc2ncc(C)s2)CC12CCN(C(O)OC)C2. The number of aliphatic hydroxyl groups is 2. The van der Waals surface area contributed by atoms with E-state index in [4.69, 9.17) is 16.3 Å². The van der Waals surface area contributed by atoms with Gasteiger partial charge in [-0.3, -0.25) is 9.80 Å². The van der Waals surface area contributed by atoms with Crippen LogP contribution in [0.1, 0.15) is 11.3 Å². The van der Waals surface area contributed by atoms with E-state index in [1.807, 2.05) is 22.8 Å². The highest BCUT2D eigenvalue weighted by Crippen LogP contribution is 2.45. The summed E-state index contributed by atoms with van der Waals surface area (Å²) in [5.41, 5.74) is 0.911. The predicted molar refractivity (Wildman–Crippen MR) is 112 cm³/mol. The topological polar surface area (TPSA) is 81.1 Å². The maximum Gasteiger partial charge on any atom is 0.215 e. The fourth-order valence-corrected chi connectivity index (χ4v) is 4.79. The van der Waals surface area contributed by atoms with Crippen LogP contribution in [0.5, 0.6) is 0 Å². The number of hydrogen-bond acceptors (Lipinski definition) is 8. The molecule has 3 heterocycles. The molecule has 28 heavy (non-hydrogen) atoms. The Hall–Kier alpha value is -1.26. The van der Waals surface area contributed by atoms with E-state index in [0.29, 0.717) is 36.3 Å². The summed E-state index contributed by atoms with van der Waals surface area (Å²) < 4.78 is 5.08. The van der Waals surface area contributed by atoms with Crippen LogP contribution in [-0.2, 0) is 4.74 Å². The number of hydrogen-bond donors (Lipinski definition) is 3. The van der Waals surface area contributed by atoms with Crippen molar-refractivity contribution in [3.63, 3.8) is 0 Å². The Morgan fingerprint density at radius 3 is 2.86 bits per heavy atom. The van der Waals surface area contributed by atoms with Gasteiger partial charge in [0.05, 0.1) is 0 Å². The second kappa shape index (κ2) is 9.04. The lowest BCUT2D eigenvalue weighted by Crippen LogP contribution is -2.42. The van der Waals surface area contributed by atoms with E-state index in [2.05, 4.69) is 16.9 Å². The molecule has 0 amide bonds. The smallest absolute Gasteiger partial charge is 0.215 e. The number of halogens is 1. The molecule has 1 aromatic heterocycles. The van der Waals surface area contributed by atoms with Crippen LogP contribution in [0.15, 0.2) is 41.6 Å². The summed E-state index contributed by atoms with van der Waals surface area (Å²) in [6.07, 6.45) is 6.16. The van der Waals surface area contributed by atoms with Crippen molar-refractivity contribution >= 4 is 28.1 Å². The van der Waals surface area contributed by atoms with Crippen LogP contribution in [0.2, 0.25) is 0 Å². The quantitative estimate of drug-likeness (QED) is 0.456. The lowest BCUT2D eigenvalue weighted by atomic mass is 9.81. The number of allylic oxidation sites excluding steroid dienone is 4. The van der Waals surface area contributed by atoms with Gasteiger partial charge in [0.1, 0.15) is 0 Å². The maximum atomic E-state index is 10.7. The Balaban J connectivity index is 1.80. The lowest BCUT2D eigenvalue weighted by Gasteiger charge is -2.29. The van der Waals surface area contributed by atoms with E-state index in [1.54, 1.807) is 18.3 Å². The number of nitrogens with zero attached hydrogens (tertiary/aromatic N) is 3. The van der Waals surface area contributed by atoms with Crippen LogP contribution in [0.3, 0.4) is 0 Å². The van der Waals surface area contributed by atoms with Crippen LogP contribution >= 0.6 is 22.9 Å². The average Bonchev–Trinajstić information content (AvgIpc) is 3.35. The Kier molecular flexibility index (Phi) is 6.93. The molecule has 0 aromatic carbocycles. The van der Waals surface area contributed by atoms with Crippen LogP contribution in [0.25, 0.3) is 0 Å². The molecule has 9 heteroatoms. The standard InChI is InChI=1S/C19H27ClN4O3S/c1-4-5-15(20)8-14-10-24(17(25)22-16-21-9-13(2)28-16)12-19(14)6-7-23(11-19)18(26)27-3/h4-5,8-9,17-18,25-26H,1,6-7,10-12H2,2-3H3,(H,21,22)/b14-8+,15-5+. The molecule has 7 nitrogen and oxygen atoms in total. The third kappa shape index (κ3) is 4.65. The summed E-state index contributed by atoms with van der Waals surface area (Å²) in [5, 5.41) is 25.2. The highest BCUT2D eigenvalue weighted by atomic mass is 35.5. The molecule has 2 aliphatic heterocycles. The number of rotatable bonds is 7. The fourth-order valence-electron chi connectivity index (χ4n) is 3.89. The second-order valence-corrected chi connectivity index (χ2v) is 8.89. The molecule has 2 fully saturated rings. The predicted octanol–water partition coefficient (Wildman–Crippen LogP) is 2.30. The molecule has 3 N–H and O–H groups in total. The van der Waals surface area contributed by atoms with Gasteiger partial charge in [0.2, 0.25) is 6.41 Å². The normalized spacial score (nSPS) is 27.6. The Bertz CT molecular complexity index is 768. The largest absolute Gasteiger partial charge is 0.361 e. The molecule has 0 radical (unpaired) electrons. The van der Waals surface area contributed by atoms with E-state index in [9.17, 15) is 10.2 Å². The third-order valence-electron chi connectivity index (χ3n) is 5.28. The monoisotopic (exact) mass is 426 g/mol. The van der Waals surface area contributed by atoms with E-state index >= 15 is 0 Å². The van der Waals surface area contributed by atoms with Crippen molar-refractivity contribution in [3.05, 3.63) is 46.5 Å². The van der Waals surface area contributed by atoms with Gasteiger partial charge in [-0.05, 0) is 31.1 Å². The van der Waals surface area contributed by atoms with Gasteiger partial charge in [-0.15, -0.1) is 11.3 Å². The minimum Gasteiger partial charge on any atom is -0.361 e. The first-order chi connectivity index (χ1) is 13.4. The molecule has 3 rings (SSSR count). The first-order valence-electron chi connectivity index (χ1n) is 9.12. The van der Waals surface area contributed by atoms with Gasteiger partial charge in [0, 0.05) is 54.8 Å². The van der Waals surface area contributed by atoms with Crippen LogP contribution in [-0.4, -0.2) is 71.1 Å². The van der Waals surface area contributed by atoms with Crippen molar-refractivity contribution in [1.29, 1.82) is 0 Å². The van der Waals surface area contributed by atoms with Gasteiger partial charge < -0.3 is 20.3 Å². The molecule has 3 atom stereocenters. The van der Waals surface area contributed by atoms with Crippen molar-refractivity contribution in [3.8, 4) is 0 Å². The summed E-state index contributed by atoms with van der Waals surface area (Å²) in [7, 11) is 1.49. The summed E-state index contributed by atoms with van der Waals surface area (Å²) >= 11 is 7.83. The molecule has 154 valence electrons. The molecular weight excluding hydrogens is 400 g/mol. The van der Waals surface area contributed by atoms with Crippen molar-refractivity contribution in [1.82, 2.24) is 14.8 Å². The average molecular weight is 427 g/mol. The molecule has 1 aromatic rings. The first-order valence-corrected chi connectivity index (χ1v) is 10.3. The number of thiazole rings is 1.